The summed E-state index contributed by atoms with van der Waals surface area (Å²) < 4.78 is 0. The molecule has 1 amide bonds. The highest BCUT2D eigenvalue weighted by atomic mass is 16.2. The second kappa shape index (κ2) is 8.74. The molecule has 0 aromatic carbocycles. The molecule has 0 aliphatic carbocycles. The zero-order chi connectivity index (χ0) is 19.5. The molecule has 7 heteroatoms. The molecule has 2 saturated heterocycles. The SMILES string of the molecule is CNc1nc([C@H]2CCCN(CC(=O)N3CCC(C)CC3)C2)nc2c1CNCC2. The molecule has 28 heavy (non-hydrogen) atoms. The molecule has 4 heterocycles. The van der Waals surface area contributed by atoms with Crippen LogP contribution in [0.1, 0.15) is 55.6 Å². The molecule has 1 aromatic heterocycles. The molecule has 0 bridgehead atoms. The first kappa shape index (κ1) is 19.6. The molecule has 3 aliphatic heterocycles. The Hall–Kier alpha value is -1.73. The summed E-state index contributed by atoms with van der Waals surface area (Å²) in [5, 5.41) is 6.67. The van der Waals surface area contributed by atoms with Gasteiger partial charge in [-0.05, 0) is 38.1 Å². The number of amides is 1. The highest BCUT2D eigenvalue weighted by Crippen LogP contribution is 2.28. The molecular weight excluding hydrogens is 352 g/mol. The van der Waals surface area contributed by atoms with Crippen molar-refractivity contribution in [3.8, 4) is 0 Å². The Labute approximate surface area is 168 Å². The maximum atomic E-state index is 12.7. The van der Waals surface area contributed by atoms with E-state index < -0.39 is 0 Å². The molecule has 0 saturated carbocycles. The predicted octanol–water partition coefficient (Wildman–Crippen LogP) is 1.60. The van der Waals surface area contributed by atoms with E-state index in [-0.39, 0.29) is 0 Å². The van der Waals surface area contributed by atoms with E-state index in [0.717, 1.165) is 88.9 Å². The van der Waals surface area contributed by atoms with Gasteiger partial charge >= 0.3 is 0 Å². The molecule has 3 aliphatic rings. The van der Waals surface area contributed by atoms with Crippen LogP contribution in [0.5, 0.6) is 0 Å². The van der Waals surface area contributed by atoms with Gasteiger partial charge in [-0.15, -0.1) is 0 Å². The number of carbonyl (C=O) groups excluding carboxylic acids is 1. The summed E-state index contributed by atoms with van der Waals surface area (Å²) in [6, 6.07) is 0. The smallest absolute Gasteiger partial charge is 0.236 e. The fourth-order valence-electron chi connectivity index (χ4n) is 4.71. The van der Waals surface area contributed by atoms with Crippen LogP contribution in [0.25, 0.3) is 0 Å². The molecule has 1 aromatic rings. The van der Waals surface area contributed by atoms with Crippen molar-refractivity contribution in [2.75, 3.05) is 51.6 Å². The van der Waals surface area contributed by atoms with E-state index in [4.69, 9.17) is 9.97 Å². The number of likely N-dealkylation sites (tertiary alicyclic amines) is 2. The number of rotatable bonds is 4. The van der Waals surface area contributed by atoms with Crippen molar-refractivity contribution in [1.82, 2.24) is 25.1 Å². The fourth-order valence-corrected chi connectivity index (χ4v) is 4.71. The van der Waals surface area contributed by atoms with Crippen LogP contribution >= 0.6 is 0 Å². The summed E-state index contributed by atoms with van der Waals surface area (Å²) in [4.78, 5) is 26.9. The van der Waals surface area contributed by atoms with Gasteiger partial charge in [-0.3, -0.25) is 9.69 Å². The number of nitrogens with one attached hydrogen (secondary N) is 2. The van der Waals surface area contributed by atoms with E-state index in [2.05, 4.69) is 27.4 Å². The standard InChI is InChI=1S/C21H34N6O/c1-15-6-10-27(11-7-15)19(28)14-26-9-3-4-16(13-26)20-24-18-5-8-23-12-17(18)21(22-2)25-20/h15-16,23H,3-14H2,1-2H3,(H,22,24,25)/t16-/m0/s1. The zero-order valence-corrected chi connectivity index (χ0v) is 17.3. The lowest BCUT2D eigenvalue weighted by molar-refractivity contribution is -0.134. The van der Waals surface area contributed by atoms with E-state index >= 15 is 0 Å². The van der Waals surface area contributed by atoms with Crippen LogP contribution in [-0.2, 0) is 17.8 Å². The van der Waals surface area contributed by atoms with Crippen LogP contribution in [0, 0.1) is 5.92 Å². The molecule has 0 radical (unpaired) electrons. The third-order valence-corrected chi connectivity index (χ3v) is 6.55. The van der Waals surface area contributed by atoms with Gasteiger partial charge in [0.1, 0.15) is 11.6 Å². The van der Waals surface area contributed by atoms with E-state index in [0.29, 0.717) is 18.4 Å². The Kier molecular flexibility index (Phi) is 6.11. The fraction of sp³-hybridized carbons (Fsp3) is 0.762. The van der Waals surface area contributed by atoms with Crippen LogP contribution in [0.2, 0.25) is 0 Å². The first-order valence-corrected chi connectivity index (χ1v) is 10.9. The van der Waals surface area contributed by atoms with Gasteiger partial charge in [0.05, 0.1) is 12.2 Å². The largest absolute Gasteiger partial charge is 0.373 e. The Morgan fingerprint density at radius 3 is 2.82 bits per heavy atom. The number of aromatic nitrogens is 2. The van der Waals surface area contributed by atoms with Crippen LogP contribution in [0.4, 0.5) is 5.82 Å². The number of nitrogens with zero attached hydrogens (tertiary/aromatic N) is 4. The Bertz CT molecular complexity index is 683. The molecule has 0 unspecified atom stereocenters. The van der Waals surface area contributed by atoms with Gasteiger partial charge in [-0.1, -0.05) is 6.92 Å². The summed E-state index contributed by atoms with van der Waals surface area (Å²) in [5.74, 6) is 3.27. The van der Waals surface area contributed by atoms with E-state index in [1.54, 1.807) is 0 Å². The summed E-state index contributed by atoms with van der Waals surface area (Å²) >= 11 is 0. The van der Waals surface area contributed by atoms with Gasteiger partial charge < -0.3 is 15.5 Å². The highest BCUT2D eigenvalue weighted by Gasteiger charge is 2.29. The van der Waals surface area contributed by atoms with Gasteiger partial charge in [0.25, 0.3) is 0 Å². The van der Waals surface area contributed by atoms with Gasteiger partial charge in [-0.2, -0.15) is 0 Å². The average molecular weight is 387 g/mol. The molecule has 0 spiro atoms. The molecule has 154 valence electrons. The zero-order valence-electron chi connectivity index (χ0n) is 17.3. The van der Waals surface area contributed by atoms with Gasteiger partial charge in [0.15, 0.2) is 0 Å². The van der Waals surface area contributed by atoms with E-state index in [1.165, 1.54) is 11.3 Å². The number of anilines is 1. The molecule has 4 rings (SSSR count). The summed E-state index contributed by atoms with van der Waals surface area (Å²) in [5.41, 5.74) is 2.39. The van der Waals surface area contributed by atoms with Crippen molar-refractivity contribution in [3.05, 3.63) is 17.1 Å². The number of hydrogen-bond donors (Lipinski definition) is 2. The monoisotopic (exact) mass is 386 g/mol. The lowest BCUT2D eigenvalue weighted by atomic mass is 9.96. The van der Waals surface area contributed by atoms with Gasteiger partial charge in [0.2, 0.25) is 5.91 Å². The summed E-state index contributed by atoms with van der Waals surface area (Å²) in [6.07, 6.45) is 5.44. The highest BCUT2D eigenvalue weighted by molar-refractivity contribution is 5.78. The lowest BCUT2D eigenvalue weighted by Gasteiger charge is -2.35. The minimum absolute atomic E-state index is 0.292. The first-order valence-electron chi connectivity index (χ1n) is 10.9. The lowest BCUT2D eigenvalue weighted by Crippen LogP contribution is -2.46. The Morgan fingerprint density at radius 1 is 1.21 bits per heavy atom. The van der Waals surface area contributed by atoms with Gasteiger partial charge in [0, 0.05) is 57.7 Å². The van der Waals surface area contributed by atoms with Crippen molar-refractivity contribution in [2.24, 2.45) is 5.92 Å². The minimum atomic E-state index is 0.292. The van der Waals surface area contributed by atoms with Crippen molar-refractivity contribution in [2.45, 2.75) is 51.5 Å². The van der Waals surface area contributed by atoms with E-state index in [1.807, 2.05) is 7.05 Å². The Morgan fingerprint density at radius 2 is 2.04 bits per heavy atom. The number of piperidine rings is 2. The first-order chi connectivity index (χ1) is 13.6. The number of hydrogen-bond acceptors (Lipinski definition) is 6. The maximum absolute atomic E-state index is 12.7. The normalized spacial score (nSPS) is 24.1. The number of fused-ring (bicyclic) bond motifs is 1. The Balaban J connectivity index is 1.42. The average Bonchev–Trinajstić information content (AvgIpc) is 2.73. The third-order valence-electron chi connectivity index (χ3n) is 6.55. The quantitative estimate of drug-likeness (QED) is 0.819. The summed E-state index contributed by atoms with van der Waals surface area (Å²) in [6.45, 7) is 8.37. The molecule has 7 nitrogen and oxygen atoms in total. The van der Waals surface area contributed by atoms with Crippen LogP contribution < -0.4 is 10.6 Å². The third kappa shape index (κ3) is 4.30. The predicted molar refractivity (Wildman–Crippen MR) is 110 cm³/mol. The van der Waals surface area contributed by atoms with Crippen molar-refractivity contribution < 1.29 is 4.79 Å². The van der Waals surface area contributed by atoms with Crippen LogP contribution in [0.15, 0.2) is 0 Å². The topological polar surface area (TPSA) is 73.4 Å². The van der Waals surface area contributed by atoms with Crippen molar-refractivity contribution in [3.63, 3.8) is 0 Å². The maximum Gasteiger partial charge on any atom is 0.236 e. The van der Waals surface area contributed by atoms with E-state index in [9.17, 15) is 4.79 Å². The van der Waals surface area contributed by atoms with Gasteiger partial charge in [-0.25, -0.2) is 9.97 Å². The van der Waals surface area contributed by atoms with Crippen molar-refractivity contribution >= 4 is 11.7 Å². The second-order valence-electron chi connectivity index (χ2n) is 8.67. The second-order valence-corrected chi connectivity index (χ2v) is 8.67. The van der Waals surface area contributed by atoms with Crippen LogP contribution in [0.3, 0.4) is 0 Å². The molecule has 2 N–H and O–H groups in total. The van der Waals surface area contributed by atoms with Crippen molar-refractivity contribution in [1.29, 1.82) is 0 Å². The number of carbonyl (C=O) groups is 1. The molecular formula is C21H34N6O. The summed E-state index contributed by atoms with van der Waals surface area (Å²) in [7, 11) is 1.94. The van der Waals surface area contributed by atoms with Crippen LogP contribution in [-0.4, -0.2) is 72.0 Å². The molecule has 2 fully saturated rings. The molecule has 1 atom stereocenters. The minimum Gasteiger partial charge on any atom is -0.373 e.